The van der Waals surface area contributed by atoms with E-state index in [1.54, 1.807) is 0 Å². The summed E-state index contributed by atoms with van der Waals surface area (Å²) in [6, 6.07) is 4.09. The summed E-state index contributed by atoms with van der Waals surface area (Å²) in [6.07, 6.45) is 1.96. The van der Waals surface area contributed by atoms with Crippen LogP contribution in [0.25, 0.3) is 0 Å². The molecule has 0 aliphatic rings. The molecule has 0 saturated heterocycles. The van der Waals surface area contributed by atoms with Gasteiger partial charge in [0.05, 0.1) is 6.04 Å². The molecule has 2 aromatic heterocycles. The Hall–Kier alpha value is -1.69. The number of anilines is 2. The monoisotopic (exact) mass is 292 g/mol. The molecule has 0 amide bonds. The fourth-order valence-corrected chi connectivity index (χ4v) is 2.48. The summed E-state index contributed by atoms with van der Waals surface area (Å²) in [5.41, 5.74) is 1.15. The Labute approximate surface area is 123 Å². The van der Waals surface area contributed by atoms with Crippen molar-refractivity contribution in [1.82, 2.24) is 9.97 Å². The third-order valence-corrected chi connectivity index (χ3v) is 3.60. The van der Waals surface area contributed by atoms with Gasteiger partial charge in [-0.2, -0.15) is 0 Å². The van der Waals surface area contributed by atoms with Crippen molar-refractivity contribution in [3.05, 3.63) is 29.2 Å². The van der Waals surface area contributed by atoms with Gasteiger partial charge in [0.1, 0.15) is 23.2 Å². The molecule has 1 unspecified atom stereocenters. The Morgan fingerprint density at radius 1 is 1.20 bits per heavy atom. The van der Waals surface area contributed by atoms with Crippen molar-refractivity contribution in [2.75, 3.05) is 23.9 Å². The van der Waals surface area contributed by atoms with E-state index in [4.69, 9.17) is 4.42 Å². The number of hydrogen-bond donors (Lipinski definition) is 2. The maximum Gasteiger partial charge on any atom is 0.191 e. The first-order valence-corrected chi connectivity index (χ1v) is 7.70. The minimum absolute atomic E-state index is 0.127. The predicted octanol–water partition coefficient (Wildman–Crippen LogP) is 3.62. The van der Waals surface area contributed by atoms with Gasteiger partial charge in [0.25, 0.3) is 0 Å². The first-order chi connectivity index (χ1) is 9.53. The second-order valence-corrected chi connectivity index (χ2v) is 5.38. The molecule has 0 saturated carbocycles. The Balaban J connectivity index is 2.22. The van der Waals surface area contributed by atoms with E-state index in [1.165, 1.54) is 11.8 Å². The van der Waals surface area contributed by atoms with Crippen molar-refractivity contribution in [1.29, 1.82) is 0 Å². The van der Waals surface area contributed by atoms with Gasteiger partial charge in [-0.3, -0.25) is 0 Å². The summed E-state index contributed by atoms with van der Waals surface area (Å²) in [5, 5.41) is 7.19. The molecule has 0 spiro atoms. The molecule has 0 aliphatic carbocycles. The third-order valence-electron chi connectivity index (χ3n) is 3.05. The van der Waals surface area contributed by atoms with Gasteiger partial charge in [-0.25, -0.2) is 9.97 Å². The van der Waals surface area contributed by atoms with Gasteiger partial charge in [-0.15, -0.1) is 0 Å². The molecule has 1 atom stereocenters. The van der Waals surface area contributed by atoms with Gasteiger partial charge >= 0.3 is 0 Å². The topological polar surface area (TPSA) is 63.0 Å². The van der Waals surface area contributed by atoms with Crippen molar-refractivity contribution >= 4 is 23.4 Å². The highest BCUT2D eigenvalue weighted by Gasteiger charge is 2.14. The van der Waals surface area contributed by atoms with Gasteiger partial charge in [0.15, 0.2) is 5.16 Å². The number of nitrogens with zero attached hydrogens (tertiary/aromatic N) is 2. The minimum Gasteiger partial charge on any atom is -0.466 e. The van der Waals surface area contributed by atoms with Crippen LogP contribution in [-0.4, -0.2) is 23.3 Å². The molecular formula is C14H20N4OS. The SMILES string of the molecule is CNc1cc(NC(C)c2cc(C)oc2C)nc(SC)n1. The van der Waals surface area contributed by atoms with Crippen LogP contribution in [0.3, 0.4) is 0 Å². The highest BCUT2D eigenvalue weighted by Crippen LogP contribution is 2.25. The van der Waals surface area contributed by atoms with Crippen LogP contribution < -0.4 is 10.6 Å². The lowest BCUT2D eigenvalue weighted by molar-refractivity contribution is 0.499. The van der Waals surface area contributed by atoms with E-state index < -0.39 is 0 Å². The zero-order valence-corrected chi connectivity index (χ0v) is 13.3. The molecule has 108 valence electrons. The minimum atomic E-state index is 0.127. The Bertz CT molecular complexity index is 575. The van der Waals surface area contributed by atoms with E-state index in [0.717, 1.165) is 33.9 Å². The van der Waals surface area contributed by atoms with E-state index in [0.29, 0.717) is 0 Å². The molecule has 5 nitrogen and oxygen atoms in total. The highest BCUT2D eigenvalue weighted by molar-refractivity contribution is 7.98. The van der Waals surface area contributed by atoms with Crippen LogP contribution in [0, 0.1) is 13.8 Å². The quantitative estimate of drug-likeness (QED) is 0.648. The van der Waals surface area contributed by atoms with Crippen molar-refractivity contribution < 1.29 is 4.42 Å². The van der Waals surface area contributed by atoms with Crippen LogP contribution in [0.15, 0.2) is 21.7 Å². The van der Waals surface area contributed by atoms with Crippen LogP contribution in [-0.2, 0) is 0 Å². The fourth-order valence-electron chi connectivity index (χ4n) is 2.10. The van der Waals surface area contributed by atoms with Crippen LogP contribution >= 0.6 is 11.8 Å². The van der Waals surface area contributed by atoms with Crippen molar-refractivity contribution in [2.45, 2.75) is 32.0 Å². The molecule has 2 N–H and O–H groups in total. The molecule has 2 heterocycles. The molecule has 0 aliphatic heterocycles. The van der Waals surface area contributed by atoms with Crippen LogP contribution in [0.1, 0.15) is 30.0 Å². The largest absolute Gasteiger partial charge is 0.466 e. The van der Waals surface area contributed by atoms with E-state index in [2.05, 4.69) is 33.6 Å². The smallest absolute Gasteiger partial charge is 0.191 e. The Morgan fingerprint density at radius 3 is 2.45 bits per heavy atom. The maximum absolute atomic E-state index is 5.57. The number of thioether (sulfide) groups is 1. The summed E-state index contributed by atoms with van der Waals surface area (Å²) < 4.78 is 5.57. The molecule has 20 heavy (non-hydrogen) atoms. The van der Waals surface area contributed by atoms with E-state index in [9.17, 15) is 0 Å². The number of aryl methyl sites for hydroxylation is 2. The molecule has 0 aromatic carbocycles. The molecular weight excluding hydrogens is 272 g/mol. The van der Waals surface area contributed by atoms with E-state index >= 15 is 0 Å². The highest BCUT2D eigenvalue weighted by atomic mass is 32.2. The number of nitrogens with one attached hydrogen (secondary N) is 2. The van der Waals surface area contributed by atoms with Crippen LogP contribution in [0.5, 0.6) is 0 Å². The number of aromatic nitrogens is 2. The summed E-state index contributed by atoms with van der Waals surface area (Å²) in [4.78, 5) is 8.83. The predicted molar refractivity (Wildman–Crippen MR) is 83.6 cm³/mol. The number of rotatable bonds is 5. The average molecular weight is 292 g/mol. The number of hydrogen-bond acceptors (Lipinski definition) is 6. The zero-order valence-electron chi connectivity index (χ0n) is 12.4. The molecule has 2 aromatic rings. The molecule has 2 rings (SSSR count). The summed E-state index contributed by atoms with van der Waals surface area (Å²) in [6.45, 7) is 6.03. The first kappa shape index (κ1) is 14.7. The Morgan fingerprint density at radius 2 is 1.90 bits per heavy atom. The zero-order chi connectivity index (χ0) is 14.7. The fraction of sp³-hybridized carbons (Fsp3) is 0.429. The second kappa shape index (κ2) is 6.17. The van der Waals surface area contributed by atoms with Crippen molar-refractivity contribution in [2.24, 2.45) is 0 Å². The van der Waals surface area contributed by atoms with Crippen LogP contribution in [0.2, 0.25) is 0 Å². The molecule has 0 radical (unpaired) electrons. The van der Waals surface area contributed by atoms with Crippen LogP contribution in [0.4, 0.5) is 11.6 Å². The first-order valence-electron chi connectivity index (χ1n) is 6.47. The number of furan rings is 1. The van der Waals surface area contributed by atoms with E-state index in [-0.39, 0.29) is 6.04 Å². The van der Waals surface area contributed by atoms with Gasteiger partial charge in [-0.1, -0.05) is 11.8 Å². The summed E-state index contributed by atoms with van der Waals surface area (Å²) in [5.74, 6) is 3.48. The normalized spacial score (nSPS) is 12.2. The molecule has 0 bridgehead atoms. The lowest BCUT2D eigenvalue weighted by Crippen LogP contribution is -2.09. The average Bonchev–Trinajstić information content (AvgIpc) is 2.77. The third kappa shape index (κ3) is 3.25. The van der Waals surface area contributed by atoms with Gasteiger partial charge in [-0.05, 0) is 33.1 Å². The van der Waals surface area contributed by atoms with Gasteiger partial charge in [0.2, 0.25) is 0 Å². The second-order valence-electron chi connectivity index (χ2n) is 4.61. The summed E-state index contributed by atoms with van der Waals surface area (Å²) in [7, 11) is 1.85. The van der Waals surface area contributed by atoms with Crippen molar-refractivity contribution in [3.8, 4) is 0 Å². The summed E-state index contributed by atoms with van der Waals surface area (Å²) >= 11 is 1.52. The van der Waals surface area contributed by atoms with Crippen molar-refractivity contribution in [3.63, 3.8) is 0 Å². The van der Waals surface area contributed by atoms with E-state index in [1.807, 2.05) is 33.2 Å². The molecule has 6 heteroatoms. The molecule has 0 fully saturated rings. The maximum atomic E-state index is 5.57. The lowest BCUT2D eigenvalue weighted by Gasteiger charge is -2.15. The standard InChI is InChI=1S/C14H20N4OS/c1-8-6-11(10(3)19-8)9(2)16-13-7-12(15-4)17-14(18-13)20-5/h6-7,9H,1-5H3,(H2,15,16,17,18). The van der Waals surface area contributed by atoms with Gasteiger partial charge < -0.3 is 15.1 Å². The lowest BCUT2D eigenvalue weighted by atomic mass is 10.1. The van der Waals surface area contributed by atoms with Gasteiger partial charge in [0, 0.05) is 18.7 Å². The Kier molecular flexibility index (Phi) is 4.54.